The maximum atomic E-state index is 13.1. The van der Waals surface area contributed by atoms with E-state index in [0.29, 0.717) is 25.4 Å². The Bertz CT molecular complexity index is 1560. The number of rotatable bonds is 8. The fraction of sp³-hybridized carbons (Fsp3) is 0.226. The summed E-state index contributed by atoms with van der Waals surface area (Å²) in [6, 6.07) is 26.4. The van der Waals surface area contributed by atoms with Crippen LogP contribution in [-0.2, 0) is 39.7 Å². The summed E-state index contributed by atoms with van der Waals surface area (Å²) in [7, 11) is 1.93. The number of fused-ring (bicyclic) bond motifs is 2. The van der Waals surface area contributed by atoms with Crippen molar-refractivity contribution in [3.63, 3.8) is 0 Å². The van der Waals surface area contributed by atoms with Crippen molar-refractivity contribution in [3.05, 3.63) is 119 Å². The molecule has 1 aliphatic rings. The summed E-state index contributed by atoms with van der Waals surface area (Å²) in [6.45, 7) is 3.44. The maximum Gasteiger partial charge on any atom is 0.272 e. The number of aryl methyl sites for hydroxylation is 1. The van der Waals surface area contributed by atoms with E-state index in [9.17, 15) is 4.79 Å². The molecule has 2 N–H and O–H groups in total. The SMILES string of the molecule is Cn1nc(C(=O)NCc2ccccc2)c2c1CCN(Cc1c[nH]c3cc(OCc4ccccc4)ccc13)C2. The fourth-order valence-electron chi connectivity index (χ4n) is 5.20. The predicted molar refractivity (Wildman–Crippen MR) is 148 cm³/mol. The Morgan fingerprint density at radius 2 is 1.79 bits per heavy atom. The molecule has 0 saturated heterocycles. The second-order valence-electron chi connectivity index (χ2n) is 9.82. The smallest absolute Gasteiger partial charge is 0.272 e. The number of hydrogen-bond donors (Lipinski definition) is 2. The van der Waals surface area contributed by atoms with Gasteiger partial charge in [0.05, 0.1) is 0 Å². The van der Waals surface area contributed by atoms with E-state index in [2.05, 4.69) is 50.8 Å². The van der Waals surface area contributed by atoms with E-state index in [1.54, 1.807) is 0 Å². The van der Waals surface area contributed by atoms with Crippen LogP contribution in [0.1, 0.15) is 38.4 Å². The van der Waals surface area contributed by atoms with Crippen molar-refractivity contribution in [3.8, 4) is 5.75 Å². The molecule has 5 aromatic rings. The number of hydrogen-bond acceptors (Lipinski definition) is 4. The zero-order valence-electron chi connectivity index (χ0n) is 21.5. The first-order chi connectivity index (χ1) is 18.6. The van der Waals surface area contributed by atoms with Crippen LogP contribution in [-0.4, -0.2) is 32.1 Å². The number of ether oxygens (including phenoxy) is 1. The van der Waals surface area contributed by atoms with Crippen LogP contribution in [0.25, 0.3) is 10.9 Å². The van der Waals surface area contributed by atoms with E-state index in [1.807, 2.05) is 66.3 Å². The molecular formula is C31H31N5O2. The van der Waals surface area contributed by atoms with Gasteiger partial charge in [0, 0.05) is 74.1 Å². The molecule has 7 heteroatoms. The lowest BCUT2D eigenvalue weighted by Crippen LogP contribution is -2.32. The Kier molecular flexibility index (Phi) is 6.67. The number of amides is 1. The molecule has 3 heterocycles. The van der Waals surface area contributed by atoms with Gasteiger partial charge in [0.2, 0.25) is 0 Å². The second kappa shape index (κ2) is 10.6. The number of benzene rings is 3. The topological polar surface area (TPSA) is 75.2 Å². The average Bonchev–Trinajstić information content (AvgIpc) is 3.51. The van der Waals surface area contributed by atoms with Gasteiger partial charge >= 0.3 is 0 Å². The molecule has 2 aromatic heterocycles. The van der Waals surface area contributed by atoms with E-state index in [0.717, 1.165) is 53.2 Å². The minimum atomic E-state index is -0.123. The molecule has 0 fully saturated rings. The zero-order chi connectivity index (χ0) is 25.9. The summed E-state index contributed by atoms with van der Waals surface area (Å²) in [5, 5.41) is 8.82. The lowest BCUT2D eigenvalue weighted by atomic mass is 10.0. The molecular weight excluding hydrogens is 474 g/mol. The van der Waals surface area contributed by atoms with Crippen LogP contribution in [0.15, 0.2) is 85.1 Å². The Morgan fingerprint density at radius 3 is 2.58 bits per heavy atom. The molecule has 0 radical (unpaired) electrons. The van der Waals surface area contributed by atoms with E-state index in [4.69, 9.17) is 4.74 Å². The summed E-state index contributed by atoms with van der Waals surface area (Å²) < 4.78 is 7.87. The lowest BCUT2D eigenvalue weighted by Gasteiger charge is -2.27. The van der Waals surface area contributed by atoms with E-state index < -0.39 is 0 Å². The standard InChI is InChI=1S/C31H31N5O2/c1-35-29-14-15-36(20-27(29)30(34-35)31(37)33-17-22-8-4-2-5-9-22)19-24-18-32-28-16-25(12-13-26(24)28)38-21-23-10-6-3-7-11-23/h2-13,16,18,32H,14-15,17,19-21H2,1H3,(H,33,37). The summed E-state index contributed by atoms with van der Waals surface area (Å²) in [4.78, 5) is 18.9. The predicted octanol–water partition coefficient (Wildman–Crippen LogP) is 4.97. The lowest BCUT2D eigenvalue weighted by molar-refractivity contribution is 0.0942. The average molecular weight is 506 g/mol. The minimum absolute atomic E-state index is 0.123. The molecule has 0 saturated carbocycles. The molecule has 0 spiro atoms. The molecule has 38 heavy (non-hydrogen) atoms. The number of H-pyrrole nitrogens is 1. The van der Waals surface area contributed by atoms with Gasteiger partial charge < -0.3 is 15.0 Å². The van der Waals surface area contributed by atoms with Gasteiger partial charge in [-0.2, -0.15) is 5.10 Å². The van der Waals surface area contributed by atoms with Gasteiger partial charge in [-0.25, -0.2) is 0 Å². The van der Waals surface area contributed by atoms with Crippen LogP contribution in [0.2, 0.25) is 0 Å². The summed E-state index contributed by atoms with van der Waals surface area (Å²) in [5.74, 6) is 0.724. The van der Waals surface area contributed by atoms with Crippen LogP contribution >= 0.6 is 0 Å². The summed E-state index contributed by atoms with van der Waals surface area (Å²) in [6.07, 6.45) is 2.95. The van der Waals surface area contributed by atoms with Crippen molar-refractivity contribution < 1.29 is 9.53 Å². The Morgan fingerprint density at radius 1 is 1.03 bits per heavy atom. The molecule has 1 aliphatic heterocycles. The highest BCUT2D eigenvalue weighted by molar-refractivity contribution is 5.94. The third-order valence-electron chi connectivity index (χ3n) is 7.21. The molecule has 0 atom stereocenters. The van der Waals surface area contributed by atoms with Crippen molar-refractivity contribution >= 4 is 16.8 Å². The van der Waals surface area contributed by atoms with Gasteiger partial charge in [0.25, 0.3) is 5.91 Å². The summed E-state index contributed by atoms with van der Waals surface area (Å²) >= 11 is 0. The third kappa shape index (κ3) is 5.06. The van der Waals surface area contributed by atoms with E-state index in [-0.39, 0.29) is 5.91 Å². The van der Waals surface area contributed by atoms with Crippen LogP contribution in [0.5, 0.6) is 5.75 Å². The number of aromatic amines is 1. The molecule has 192 valence electrons. The monoisotopic (exact) mass is 505 g/mol. The van der Waals surface area contributed by atoms with Gasteiger partial charge in [0.15, 0.2) is 5.69 Å². The minimum Gasteiger partial charge on any atom is -0.489 e. The first-order valence-electron chi connectivity index (χ1n) is 13.0. The van der Waals surface area contributed by atoms with Crippen LogP contribution in [0, 0.1) is 0 Å². The normalized spacial score (nSPS) is 13.4. The van der Waals surface area contributed by atoms with Crippen LogP contribution in [0.3, 0.4) is 0 Å². The zero-order valence-corrected chi connectivity index (χ0v) is 21.5. The van der Waals surface area contributed by atoms with Crippen molar-refractivity contribution in [1.29, 1.82) is 0 Å². The first kappa shape index (κ1) is 24.0. The number of nitrogens with zero attached hydrogens (tertiary/aromatic N) is 3. The second-order valence-corrected chi connectivity index (χ2v) is 9.82. The van der Waals surface area contributed by atoms with Crippen LogP contribution < -0.4 is 10.1 Å². The fourth-order valence-corrected chi connectivity index (χ4v) is 5.20. The van der Waals surface area contributed by atoms with Crippen molar-refractivity contribution in [2.45, 2.75) is 32.7 Å². The third-order valence-corrected chi connectivity index (χ3v) is 7.21. The van der Waals surface area contributed by atoms with Crippen molar-refractivity contribution in [2.24, 2.45) is 7.05 Å². The number of carbonyl (C=O) groups excluding carboxylic acids is 1. The summed E-state index contributed by atoms with van der Waals surface area (Å²) in [5.41, 5.74) is 7.21. The van der Waals surface area contributed by atoms with Gasteiger partial charge in [0.1, 0.15) is 12.4 Å². The van der Waals surface area contributed by atoms with Gasteiger partial charge in [-0.05, 0) is 28.8 Å². The maximum absolute atomic E-state index is 13.1. The first-order valence-corrected chi connectivity index (χ1v) is 13.0. The number of aromatic nitrogens is 3. The number of carbonyl (C=O) groups is 1. The highest BCUT2D eigenvalue weighted by Gasteiger charge is 2.27. The quantitative estimate of drug-likeness (QED) is 0.312. The highest BCUT2D eigenvalue weighted by Crippen LogP contribution is 2.28. The molecule has 1 amide bonds. The Balaban J connectivity index is 1.13. The molecule has 7 nitrogen and oxygen atoms in total. The molecule has 0 aliphatic carbocycles. The number of nitrogens with one attached hydrogen (secondary N) is 2. The van der Waals surface area contributed by atoms with Gasteiger partial charge in [-0.3, -0.25) is 14.4 Å². The Labute approximate surface area is 222 Å². The van der Waals surface area contributed by atoms with Crippen LogP contribution in [0.4, 0.5) is 0 Å². The largest absolute Gasteiger partial charge is 0.489 e. The highest BCUT2D eigenvalue weighted by atomic mass is 16.5. The molecule has 0 bridgehead atoms. The van der Waals surface area contributed by atoms with Gasteiger partial charge in [-0.1, -0.05) is 60.7 Å². The van der Waals surface area contributed by atoms with Gasteiger partial charge in [-0.15, -0.1) is 0 Å². The van der Waals surface area contributed by atoms with E-state index >= 15 is 0 Å². The van der Waals surface area contributed by atoms with Crippen molar-refractivity contribution in [1.82, 2.24) is 25.0 Å². The molecule has 3 aromatic carbocycles. The molecule has 6 rings (SSSR count). The molecule has 0 unspecified atom stereocenters. The Hall–Kier alpha value is -4.36. The van der Waals surface area contributed by atoms with Crippen molar-refractivity contribution in [2.75, 3.05) is 6.54 Å². The van der Waals surface area contributed by atoms with E-state index in [1.165, 1.54) is 10.9 Å².